The molecule has 0 bridgehead atoms. The van der Waals surface area contributed by atoms with Gasteiger partial charge in [0.15, 0.2) is 0 Å². The van der Waals surface area contributed by atoms with Gasteiger partial charge in [0.05, 0.1) is 11.4 Å². The topological polar surface area (TPSA) is 75.7 Å². The third-order valence-corrected chi connectivity index (χ3v) is 5.83. The van der Waals surface area contributed by atoms with Crippen LogP contribution in [0.25, 0.3) is 0 Å². The molecule has 0 aromatic heterocycles. The normalized spacial score (nSPS) is 11.5. The van der Waals surface area contributed by atoms with Crippen LogP contribution < -0.4 is 5.32 Å². The molecule has 6 nitrogen and oxygen atoms in total. The summed E-state index contributed by atoms with van der Waals surface area (Å²) in [6, 6.07) is 15.9. The highest BCUT2D eigenvalue weighted by Gasteiger charge is 2.26. The molecule has 0 unspecified atom stereocenters. The predicted octanol–water partition coefficient (Wildman–Crippen LogP) is 2.34. The van der Waals surface area contributed by atoms with Gasteiger partial charge in [-0.25, -0.2) is 8.42 Å². The number of methoxy groups -OCH3 is 1. The van der Waals surface area contributed by atoms with Crippen molar-refractivity contribution < 1.29 is 17.9 Å². The molecule has 0 atom stereocenters. The summed E-state index contributed by atoms with van der Waals surface area (Å²) in [5.74, 6) is -0.335. The third kappa shape index (κ3) is 6.46. The van der Waals surface area contributed by atoms with Crippen molar-refractivity contribution in [1.82, 2.24) is 9.62 Å². The van der Waals surface area contributed by atoms with Crippen LogP contribution in [0.3, 0.4) is 0 Å². The van der Waals surface area contributed by atoms with Gasteiger partial charge in [0.25, 0.3) is 0 Å². The van der Waals surface area contributed by atoms with E-state index in [9.17, 15) is 13.2 Å². The maximum atomic E-state index is 13.1. The van der Waals surface area contributed by atoms with Crippen LogP contribution >= 0.6 is 0 Å². The quantitative estimate of drug-likeness (QED) is 0.632. The van der Waals surface area contributed by atoms with E-state index in [0.717, 1.165) is 11.1 Å². The molecule has 2 aromatic rings. The fraction of sp³-hybridized carbons (Fsp3) is 0.350. The molecular formula is C20H26N2O4S. The van der Waals surface area contributed by atoms with Gasteiger partial charge in [-0.05, 0) is 31.0 Å². The molecule has 1 N–H and O–H groups in total. The number of nitrogens with one attached hydrogen (secondary N) is 1. The lowest BCUT2D eigenvalue weighted by Crippen LogP contribution is -2.40. The number of hydrogen-bond acceptors (Lipinski definition) is 4. The number of hydrogen-bond donors (Lipinski definition) is 1. The molecule has 146 valence electrons. The predicted molar refractivity (Wildman–Crippen MR) is 105 cm³/mol. The van der Waals surface area contributed by atoms with Gasteiger partial charge in [0.1, 0.15) is 0 Å². The van der Waals surface area contributed by atoms with Gasteiger partial charge in [-0.3, -0.25) is 4.79 Å². The number of carbonyl (C=O) groups excluding carboxylic acids is 1. The van der Waals surface area contributed by atoms with Gasteiger partial charge in [-0.1, -0.05) is 48.0 Å². The van der Waals surface area contributed by atoms with Crippen LogP contribution in [0.2, 0.25) is 0 Å². The van der Waals surface area contributed by atoms with E-state index in [-0.39, 0.29) is 23.9 Å². The molecule has 0 aliphatic rings. The van der Waals surface area contributed by atoms with Crippen molar-refractivity contribution in [2.45, 2.75) is 24.8 Å². The Morgan fingerprint density at radius 3 is 2.37 bits per heavy atom. The first kappa shape index (κ1) is 21.1. The maximum Gasteiger partial charge on any atom is 0.243 e. The molecule has 1 amide bonds. The molecule has 0 aliphatic heterocycles. The van der Waals surface area contributed by atoms with E-state index in [2.05, 4.69) is 5.32 Å². The van der Waals surface area contributed by atoms with E-state index in [1.807, 2.05) is 37.3 Å². The summed E-state index contributed by atoms with van der Waals surface area (Å²) in [6.45, 7) is 2.76. The summed E-state index contributed by atoms with van der Waals surface area (Å²) < 4.78 is 32.3. The van der Waals surface area contributed by atoms with E-state index in [1.165, 1.54) is 4.31 Å². The van der Waals surface area contributed by atoms with Crippen LogP contribution in [0, 0.1) is 6.92 Å². The monoisotopic (exact) mass is 390 g/mol. The number of aryl methyl sites for hydroxylation is 1. The van der Waals surface area contributed by atoms with Gasteiger partial charge in [-0.2, -0.15) is 4.31 Å². The Labute approximate surface area is 161 Å². The Balaban J connectivity index is 2.18. The summed E-state index contributed by atoms with van der Waals surface area (Å²) >= 11 is 0. The second-order valence-electron chi connectivity index (χ2n) is 6.27. The summed E-state index contributed by atoms with van der Waals surface area (Å²) in [5.41, 5.74) is 1.79. The summed E-state index contributed by atoms with van der Waals surface area (Å²) in [5, 5.41) is 2.74. The van der Waals surface area contributed by atoms with E-state index < -0.39 is 10.0 Å². The highest BCUT2D eigenvalue weighted by atomic mass is 32.2. The van der Waals surface area contributed by atoms with E-state index >= 15 is 0 Å². The average molecular weight is 391 g/mol. The molecule has 2 aromatic carbocycles. The number of benzene rings is 2. The lowest BCUT2D eigenvalue weighted by atomic mass is 10.2. The Bertz CT molecular complexity index is 821. The van der Waals surface area contributed by atoms with Crippen molar-refractivity contribution in [3.05, 3.63) is 65.7 Å². The second-order valence-corrected chi connectivity index (χ2v) is 8.21. The smallest absolute Gasteiger partial charge is 0.243 e. The zero-order valence-electron chi connectivity index (χ0n) is 15.7. The summed E-state index contributed by atoms with van der Waals surface area (Å²) in [7, 11) is -2.20. The SMILES string of the molecule is COCCCNC(=O)CN(Cc1ccccc1)S(=O)(=O)c1ccc(C)cc1. The minimum Gasteiger partial charge on any atom is -0.385 e. The lowest BCUT2D eigenvalue weighted by molar-refractivity contribution is -0.121. The molecule has 0 spiro atoms. The Kier molecular flexibility index (Phi) is 7.97. The first-order chi connectivity index (χ1) is 12.9. The maximum absolute atomic E-state index is 13.1. The van der Waals surface area contributed by atoms with Crippen molar-refractivity contribution >= 4 is 15.9 Å². The van der Waals surface area contributed by atoms with E-state index in [1.54, 1.807) is 31.4 Å². The highest BCUT2D eigenvalue weighted by Crippen LogP contribution is 2.19. The zero-order chi connectivity index (χ0) is 19.7. The lowest BCUT2D eigenvalue weighted by Gasteiger charge is -2.22. The number of nitrogens with zero attached hydrogens (tertiary/aromatic N) is 1. The van der Waals surface area contributed by atoms with Crippen molar-refractivity contribution in [1.29, 1.82) is 0 Å². The van der Waals surface area contributed by atoms with E-state index in [0.29, 0.717) is 19.6 Å². The number of rotatable bonds is 10. The molecule has 27 heavy (non-hydrogen) atoms. The molecule has 2 rings (SSSR count). The molecule has 0 saturated heterocycles. The van der Waals surface area contributed by atoms with Crippen LogP contribution in [0.1, 0.15) is 17.5 Å². The van der Waals surface area contributed by atoms with Crippen molar-refractivity contribution in [3.63, 3.8) is 0 Å². The zero-order valence-corrected chi connectivity index (χ0v) is 16.5. The second kappa shape index (κ2) is 10.2. The van der Waals surface area contributed by atoms with Gasteiger partial charge >= 0.3 is 0 Å². The van der Waals surface area contributed by atoms with Crippen molar-refractivity contribution in [2.24, 2.45) is 0 Å². The Morgan fingerprint density at radius 2 is 1.74 bits per heavy atom. The highest BCUT2D eigenvalue weighted by molar-refractivity contribution is 7.89. The molecular weight excluding hydrogens is 364 g/mol. The number of amides is 1. The Morgan fingerprint density at radius 1 is 1.07 bits per heavy atom. The van der Waals surface area contributed by atoms with E-state index in [4.69, 9.17) is 4.74 Å². The first-order valence-corrected chi connectivity index (χ1v) is 10.2. The van der Waals surface area contributed by atoms with Crippen LogP contribution in [0.5, 0.6) is 0 Å². The van der Waals surface area contributed by atoms with Gasteiger partial charge in [0, 0.05) is 26.8 Å². The van der Waals surface area contributed by atoms with Gasteiger partial charge < -0.3 is 10.1 Å². The van der Waals surface area contributed by atoms with Crippen molar-refractivity contribution in [3.8, 4) is 0 Å². The number of carbonyl (C=O) groups is 1. The first-order valence-electron chi connectivity index (χ1n) is 8.80. The third-order valence-electron chi connectivity index (χ3n) is 4.03. The van der Waals surface area contributed by atoms with Crippen LogP contribution in [0.15, 0.2) is 59.5 Å². The fourth-order valence-electron chi connectivity index (χ4n) is 2.53. The molecule has 0 saturated carbocycles. The minimum atomic E-state index is -3.80. The fourth-order valence-corrected chi connectivity index (χ4v) is 3.92. The van der Waals surface area contributed by atoms with Crippen LogP contribution in [-0.4, -0.2) is 45.4 Å². The van der Waals surface area contributed by atoms with Crippen molar-refractivity contribution in [2.75, 3.05) is 26.8 Å². The number of sulfonamides is 1. The molecule has 7 heteroatoms. The minimum absolute atomic E-state index is 0.128. The standard InChI is InChI=1S/C20H26N2O4S/c1-17-9-11-19(12-10-17)27(24,25)22(15-18-7-4-3-5-8-18)16-20(23)21-13-6-14-26-2/h3-5,7-12H,6,13-16H2,1-2H3,(H,21,23). The van der Waals surface area contributed by atoms with Gasteiger partial charge in [-0.15, -0.1) is 0 Å². The van der Waals surface area contributed by atoms with Crippen LogP contribution in [-0.2, 0) is 26.1 Å². The average Bonchev–Trinajstić information content (AvgIpc) is 2.66. The van der Waals surface area contributed by atoms with Gasteiger partial charge in [0.2, 0.25) is 15.9 Å². The molecule has 0 radical (unpaired) electrons. The van der Waals surface area contributed by atoms with Crippen LogP contribution in [0.4, 0.5) is 0 Å². The number of ether oxygens (including phenoxy) is 1. The Hall–Kier alpha value is -2.22. The molecule has 0 heterocycles. The summed E-state index contributed by atoms with van der Waals surface area (Å²) in [4.78, 5) is 12.5. The molecule has 0 aliphatic carbocycles. The largest absolute Gasteiger partial charge is 0.385 e. The molecule has 0 fully saturated rings. The summed E-state index contributed by atoms with van der Waals surface area (Å²) in [6.07, 6.45) is 0.672.